The van der Waals surface area contributed by atoms with Gasteiger partial charge in [-0.15, -0.1) is 0 Å². The van der Waals surface area contributed by atoms with E-state index in [0.717, 1.165) is 6.42 Å². The van der Waals surface area contributed by atoms with Crippen molar-refractivity contribution in [2.24, 2.45) is 11.7 Å². The molecule has 0 aliphatic rings. The van der Waals surface area contributed by atoms with Gasteiger partial charge in [0.2, 0.25) is 0 Å². The van der Waals surface area contributed by atoms with E-state index in [9.17, 15) is 9.59 Å². The summed E-state index contributed by atoms with van der Waals surface area (Å²) in [5, 5.41) is 2.88. The number of nitrogens with two attached hydrogens (primary N) is 1. The Morgan fingerprint density at radius 1 is 1.25 bits per heavy atom. The van der Waals surface area contributed by atoms with E-state index in [-0.39, 0.29) is 12.5 Å². The van der Waals surface area contributed by atoms with Gasteiger partial charge in [-0.25, -0.2) is 0 Å². The van der Waals surface area contributed by atoms with Gasteiger partial charge in [0, 0.05) is 12.3 Å². The van der Waals surface area contributed by atoms with E-state index < -0.39 is 11.5 Å². The molecule has 1 atom stereocenters. The van der Waals surface area contributed by atoms with Crippen molar-refractivity contribution in [2.45, 2.75) is 46.1 Å². The first kappa shape index (κ1) is 20.0. The fourth-order valence-corrected chi connectivity index (χ4v) is 2.38. The molecule has 0 aliphatic carbocycles. The number of hydrogen-bond acceptors (Lipinski definition) is 4. The van der Waals surface area contributed by atoms with Gasteiger partial charge in [0.05, 0.1) is 0 Å². The molecule has 1 aromatic carbocycles. The third kappa shape index (κ3) is 6.58. The van der Waals surface area contributed by atoms with E-state index in [1.807, 2.05) is 13.8 Å². The molecule has 0 aliphatic heterocycles. The number of carbonyl (C=O) groups excluding carboxylic acids is 2. The normalized spacial score (nSPS) is 13.4. The van der Waals surface area contributed by atoms with Crippen LogP contribution >= 0.6 is 0 Å². The number of carbonyl (C=O) groups is 2. The van der Waals surface area contributed by atoms with Crippen LogP contribution in [0.5, 0.6) is 5.75 Å². The molecule has 0 aromatic heterocycles. The van der Waals surface area contributed by atoms with E-state index in [1.54, 1.807) is 24.3 Å². The zero-order valence-electron chi connectivity index (χ0n) is 14.9. The third-order valence-electron chi connectivity index (χ3n) is 3.40. The number of benzene rings is 1. The highest BCUT2D eigenvalue weighted by atomic mass is 16.5. The Kier molecular flexibility index (Phi) is 7.71. The summed E-state index contributed by atoms with van der Waals surface area (Å²) in [4.78, 5) is 23.3. The van der Waals surface area contributed by atoms with E-state index in [4.69, 9.17) is 15.2 Å². The molecule has 2 amide bonds. The van der Waals surface area contributed by atoms with Crippen LogP contribution in [-0.2, 0) is 14.3 Å². The summed E-state index contributed by atoms with van der Waals surface area (Å²) in [6, 6.07) is 6.77. The molecule has 1 aromatic rings. The third-order valence-corrected chi connectivity index (χ3v) is 3.40. The molecule has 6 heteroatoms. The van der Waals surface area contributed by atoms with Crippen molar-refractivity contribution in [3.05, 3.63) is 24.3 Å². The second-order valence-electron chi connectivity index (χ2n) is 6.41. The molecule has 24 heavy (non-hydrogen) atoms. The molecule has 0 bridgehead atoms. The molecule has 134 valence electrons. The lowest BCUT2D eigenvalue weighted by molar-refractivity contribution is -0.141. The Hall–Kier alpha value is -2.08. The highest BCUT2D eigenvalue weighted by Crippen LogP contribution is 2.24. The molecule has 0 radical (unpaired) electrons. The summed E-state index contributed by atoms with van der Waals surface area (Å²) in [7, 11) is 0. The van der Waals surface area contributed by atoms with Crippen LogP contribution in [0.2, 0.25) is 0 Å². The summed E-state index contributed by atoms with van der Waals surface area (Å²) >= 11 is 0. The summed E-state index contributed by atoms with van der Waals surface area (Å²) in [6.45, 7) is 8.32. The lowest BCUT2D eigenvalue weighted by atomic mass is 9.93. The van der Waals surface area contributed by atoms with Gasteiger partial charge in [0.15, 0.2) is 6.61 Å². The Balaban J connectivity index is 2.73. The molecular formula is C18H28N2O4. The Morgan fingerprint density at radius 2 is 1.88 bits per heavy atom. The highest BCUT2D eigenvalue weighted by molar-refractivity contribution is 5.97. The SMILES string of the molecule is CCCO[C@@](C)(CC(C)C)C(=O)Nc1ccc(OCC(N)=O)cc1. The fourth-order valence-electron chi connectivity index (χ4n) is 2.38. The Labute approximate surface area is 143 Å². The van der Waals surface area contributed by atoms with Crippen molar-refractivity contribution < 1.29 is 19.1 Å². The van der Waals surface area contributed by atoms with Gasteiger partial charge in [-0.05, 0) is 49.9 Å². The Bertz CT molecular complexity index is 542. The van der Waals surface area contributed by atoms with Gasteiger partial charge in [0.1, 0.15) is 11.4 Å². The number of hydrogen-bond donors (Lipinski definition) is 2. The quantitative estimate of drug-likeness (QED) is 0.687. The van der Waals surface area contributed by atoms with E-state index in [2.05, 4.69) is 19.2 Å². The van der Waals surface area contributed by atoms with E-state index in [1.165, 1.54) is 0 Å². The Morgan fingerprint density at radius 3 is 2.38 bits per heavy atom. The number of nitrogens with one attached hydrogen (secondary N) is 1. The minimum atomic E-state index is -0.870. The van der Waals surface area contributed by atoms with Crippen LogP contribution in [0.3, 0.4) is 0 Å². The summed E-state index contributed by atoms with van der Waals surface area (Å²) in [6.07, 6.45) is 1.49. The maximum Gasteiger partial charge on any atom is 0.256 e. The van der Waals surface area contributed by atoms with Crippen LogP contribution in [0.4, 0.5) is 5.69 Å². The molecule has 0 spiro atoms. The molecule has 6 nitrogen and oxygen atoms in total. The highest BCUT2D eigenvalue weighted by Gasteiger charge is 2.34. The van der Waals surface area contributed by atoms with Crippen LogP contribution in [0.25, 0.3) is 0 Å². The maximum atomic E-state index is 12.6. The van der Waals surface area contributed by atoms with Gasteiger partial charge in [-0.1, -0.05) is 20.8 Å². The van der Waals surface area contributed by atoms with Crippen LogP contribution in [0.15, 0.2) is 24.3 Å². The average molecular weight is 336 g/mol. The lowest BCUT2D eigenvalue weighted by Gasteiger charge is -2.30. The number of primary amides is 1. The molecule has 3 N–H and O–H groups in total. The van der Waals surface area contributed by atoms with Crippen molar-refractivity contribution in [1.29, 1.82) is 0 Å². The summed E-state index contributed by atoms with van der Waals surface area (Å²) in [5.41, 5.74) is 4.80. The fraction of sp³-hybridized carbons (Fsp3) is 0.556. The molecule has 0 saturated carbocycles. The summed E-state index contributed by atoms with van der Waals surface area (Å²) in [5.74, 6) is 0.140. The smallest absolute Gasteiger partial charge is 0.256 e. The van der Waals surface area contributed by atoms with Crippen molar-refractivity contribution in [2.75, 3.05) is 18.5 Å². The van der Waals surface area contributed by atoms with Gasteiger partial charge in [-0.2, -0.15) is 0 Å². The van der Waals surface area contributed by atoms with Gasteiger partial charge in [0.25, 0.3) is 11.8 Å². The van der Waals surface area contributed by atoms with Crippen molar-refractivity contribution in [3.8, 4) is 5.75 Å². The van der Waals surface area contributed by atoms with Crippen LogP contribution in [0, 0.1) is 5.92 Å². The van der Waals surface area contributed by atoms with Crippen molar-refractivity contribution >= 4 is 17.5 Å². The molecule has 1 rings (SSSR count). The standard InChI is InChI=1S/C18H28N2O4/c1-5-10-24-18(4,11-13(2)3)17(22)20-14-6-8-15(9-7-14)23-12-16(19)21/h6-9,13H,5,10-12H2,1-4H3,(H2,19,21)(H,20,22)/t18-/m0/s1. The van der Waals surface area contributed by atoms with Gasteiger partial charge < -0.3 is 20.5 Å². The molecular weight excluding hydrogens is 308 g/mol. The minimum absolute atomic E-state index is 0.171. The molecule has 0 saturated heterocycles. The predicted molar refractivity (Wildman–Crippen MR) is 93.9 cm³/mol. The largest absolute Gasteiger partial charge is 0.484 e. The molecule has 0 unspecified atom stereocenters. The lowest BCUT2D eigenvalue weighted by Crippen LogP contribution is -2.44. The first-order valence-electron chi connectivity index (χ1n) is 8.23. The van der Waals surface area contributed by atoms with Crippen LogP contribution in [0.1, 0.15) is 40.5 Å². The monoisotopic (exact) mass is 336 g/mol. The zero-order valence-corrected chi connectivity index (χ0v) is 14.9. The number of rotatable bonds is 10. The first-order chi connectivity index (χ1) is 11.3. The van der Waals surface area contributed by atoms with E-state index in [0.29, 0.717) is 30.4 Å². The zero-order chi connectivity index (χ0) is 18.2. The molecule has 0 fully saturated rings. The maximum absolute atomic E-state index is 12.6. The van der Waals surface area contributed by atoms with Crippen molar-refractivity contribution in [3.63, 3.8) is 0 Å². The first-order valence-corrected chi connectivity index (χ1v) is 8.23. The predicted octanol–water partition coefficient (Wildman–Crippen LogP) is 2.72. The number of anilines is 1. The summed E-state index contributed by atoms with van der Waals surface area (Å²) < 4.78 is 11.0. The molecule has 0 heterocycles. The minimum Gasteiger partial charge on any atom is -0.484 e. The number of amides is 2. The second kappa shape index (κ2) is 9.27. The van der Waals surface area contributed by atoms with Crippen LogP contribution < -0.4 is 15.8 Å². The van der Waals surface area contributed by atoms with Crippen molar-refractivity contribution in [1.82, 2.24) is 0 Å². The van der Waals surface area contributed by atoms with Gasteiger partial charge >= 0.3 is 0 Å². The van der Waals surface area contributed by atoms with Crippen LogP contribution in [-0.4, -0.2) is 30.6 Å². The average Bonchev–Trinajstić information content (AvgIpc) is 2.51. The topological polar surface area (TPSA) is 90.7 Å². The van der Waals surface area contributed by atoms with E-state index >= 15 is 0 Å². The van der Waals surface area contributed by atoms with Gasteiger partial charge in [-0.3, -0.25) is 9.59 Å². The number of ether oxygens (including phenoxy) is 2. The second-order valence-corrected chi connectivity index (χ2v) is 6.41.